The zero-order chi connectivity index (χ0) is 13.7. The number of halogens is 2. The van der Waals surface area contributed by atoms with Gasteiger partial charge in [-0.25, -0.2) is 4.39 Å². The summed E-state index contributed by atoms with van der Waals surface area (Å²) in [6.07, 6.45) is 0. The second-order valence-corrected chi connectivity index (χ2v) is 5.01. The molecule has 96 valence electrons. The van der Waals surface area contributed by atoms with Crippen LogP contribution in [0.5, 0.6) is 0 Å². The minimum atomic E-state index is -0.252. The summed E-state index contributed by atoms with van der Waals surface area (Å²) in [4.78, 5) is 0. The SMILES string of the molecule is N#Cc1cccc(CNCc2ccc(F)cc2Br)c1. The standard InChI is InChI=1S/C15H12BrFN2/c16-15-7-14(17)5-4-13(15)10-19-9-12-3-1-2-11(6-12)8-18/h1-7,19H,9-10H2. The first kappa shape index (κ1) is 13.7. The topological polar surface area (TPSA) is 35.8 Å². The molecule has 0 saturated heterocycles. The van der Waals surface area contributed by atoms with Crippen molar-refractivity contribution in [1.82, 2.24) is 5.32 Å². The third-order valence-corrected chi connectivity index (χ3v) is 3.45. The molecule has 0 aliphatic heterocycles. The molecular formula is C15H12BrFN2. The average Bonchev–Trinajstić information content (AvgIpc) is 2.41. The second-order valence-electron chi connectivity index (χ2n) is 4.15. The molecule has 0 radical (unpaired) electrons. The lowest BCUT2D eigenvalue weighted by Crippen LogP contribution is -2.13. The van der Waals surface area contributed by atoms with Gasteiger partial charge in [-0.3, -0.25) is 0 Å². The minimum absolute atomic E-state index is 0.252. The fourth-order valence-electron chi connectivity index (χ4n) is 1.76. The van der Waals surface area contributed by atoms with Crippen molar-refractivity contribution in [2.24, 2.45) is 0 Å². The number of nitrogens with one attached hydrogen (secondary N) is 1. The van der Waals surface area contributed by atoms with Crippen molar-refractivity contribution in [3.63, 3.8) is 0 Å². The monoisotopic (exact) mass is 318 g/mol. The summed E-state index contributed by atoms with van der Waals surface area (Å²) in [6, 6.07) is 14.2. The fraction of sp³-hybridized carbons (Fsp3) is 0.133. The van der Waals surface area contributed by atoms with Crippen LogP contribution in [-0.2, 0) is 13.1 Å². The van der Waals surface area contributed by atoms with E-state index in [-0.39, 0.29) is 5.82 Å². The molecule has 0 saturated carbocycles. The Morgan fingerprint density at radius 2 is 2.00 bits per heavy atom. The Labute approximate surface area is 120 Å². The lowest BCUT2D eigenvalue weighted by atomic mass is 10.1. The smallest absolute Gasteiger partial charge is 0.124 e. The zero-order valence-electron chi connectivity index (χ0n) is 10.2. The number of hydrogen-bond donors (Lipinski definition) is 1. The predicted octanol–water partition coefficient (Wildman–Crippen LogP) is 3.75. The van der Waals surface area contributed by atoms with Crippen LogP contribution in [0, 0.1) is 17.1 Å². The Hall–Kier alpha value is -1.70. The highest BCUT2D eigenvalue weighted by molar-refractivity contribution is 9.10. The molecule has 0 aliphatic rings. The first-order valence-corrected chi connectivity index (χ1v) is 6.62. The van der Waals surface area contributed by atoms with E-state index < -0.39 is 0 Å². The second kappa shape index (κ2) is 6.46. The predicted molar refractivity (Wildman–Crippen MR) is 75.8 cm³/mol. The van der Waals surface area contributed by atoms with E-state index in [9.17, 15) is 4.39 Å². The van der Waals surface area contributed by atoms with Crippen LogP contribution in [0.25, 0.3) is 0 Å². The van der Waals surface area contributed by atoms with Gasteiger partial charge in [-0.1, -0.05) is 34.1 Å². The molecule has 2 aromatic rings. The van der Waals surface area contributed by atoms with Crippen molar-refractivity contribution in [2.45, 2.75) is 13.1 Å². The van der Waals surface area contributed by atoms with Crippen molar-refractivity contribution in [1.29, 1.82) is 5.26 Å². The highest BCUT2D eigenvalue weighted by atomic mass is 79.9. The molecule has 0 atom stereocenters. The van der Waals surface area contributed by atoms with Crippen LogP contribution in [0.4, 0.5) is 4.39 Å². The third-order valence-electron chi connectivity index (χ3n) is 2.72. The van der Waals surface area contributed by atoms with Crippen molar-refractivity contribution < 1.29 is 4.39 Å². The Balaban J connectivity index is 1.94. The Morgan fingerprint density at radius 1 is 1.16 bits per heavy atom. The molecule has 0 aliphatic carbocycles. The molecule has 2 nitrogen and oxygen atoms in total. The van der Waals surface area contributed by atoms with Gasteiger partial charge in [0.1, 0.15) is 5.82 Å². The molecule has 2 rings (SSSR count). The summed E-state index contributed by atoms with van der Waals surface area (Å²) in [6.45, 7) is 1.30. The van der Waals surface area contributed by atoms with Crippen LogP contribution >= 0.6 is 15.9 Å². The van der Waals surface area contributed by atoms with Crippen LogP contribution in [-0.4, -0.2) is 0 Å². The maximum Gasteiger partial charge on any atom is 0.124 e. The van der Waals surface area contributed by atoms with Crippen molar-refractivity contribution in [2.75, 3.05) is 0 Å². The number of hydrogen-bond acceptors (Lipinski definition) is 2. The molecule has 2 aromatic carbocycles. The van der Waals surface area contributed by atoms with Crippen LogP contribution < -0.4 is 5.32 Å². The zero-order valence-corrected chi connectivity index (χ0v) is 11.7. The van der Waals surface area contributed by atoms with Gasteiger partial charge in [-0.05, 0) is 35.4 Å². The number of benzene rings is 2. The van der Waals surface area contributed by atoms with Crippen molar-refractivity contribution >= 4 is 15.9 Å². The lowest BCUT2D eigenvalue weighted by Gasteiger charge is -2.07. The van der Waals surface area contributed by atoms with E-state index >= 15 is 0 Å². The Bertz CT molecular complexity index is 620. The molecule has 0 amide bonds. The summed E-state index contributed by atoms with van der Waals surface area (Å²) in [5.41, 5.74) is 2.71. The normalized spacial score (nSPS) is 10.2. The summed E-state index contributed by atoms with van der Waals surface area (Å²) >= 11 is 3.33. The van der Waals surface area contributed by atoms with Gasteiger partial charge >= 0.3 is 0 Å². The fourth-order valence-corrected chi connectivity index (χ4v) is 2.25. The van der Waals surface area contributed by atoms with Gasteiger partial charge in [0.2, 0.25) is 0 Å². The van der Waals surface area contributed by atoms with E-state index in [0.29, 0.717) is 18.7 Å². The highest BCUT2D eigenvalue weighted by Gasteiger charge is 2.01. The molecule has 0 unspecified atom stereocenters. The van der Waals surface area contributed by atoms with Gasteiger partial charge in [0.05, 0.1) is 11.6 Å². The maximum atomic E-state index is 12.9. The molecule has 0 aromatic heterocycles. The minimum Gasteiger partial charge on any atom is -0.309 e. The summed E-state index contributed by atoms with van der Waals surface area (Å²) in [5.74, 6) is -0.252. The summed E-state index contributed by atoms with van der Waals surface area (Å²) in [5, 5.41) is 12.1. The van der Waals surface area contributed by atoms with E-state index in [2.05, 4.69) is 27.3 Å². The van der Waals surface area contributed by atoms with Crippen LogP contribution in [0.1, 0.15) is 16.7 Å². The molecule has 0 heterocycles. The molecule has 0 fully saturated rings. The largest absolute Gasteiger partial charge is 0.309 e. The first-order valence-electron chi connectivity index (χ1n) is 5.83. The average molecular weight is 319 g/mol. The van der Waals surface area contributed by atoms with Gasteiger partial charge < -0.3 is 5.32 Å². The molecule has 0 spiro atoms. The van der Waals surface area contributed by atoms with Crippen LogP contribution in [0.2, 0.25) is 0 Å². The summed E-state index contributed by atoms with van der Waals surface area (Å²) < 4.78 is 13.7. The van der Waals surface area contributed by atoms with Gasteiger partial charge in [-0.15, -0.1) is 0 Å². The molecule has 19 heavy (non-hydrogen) atoms. The van der Waals surface area contributed by atoms with Crippen LogP contribution in [0.15, 0.2) is 46.9 Å². The first-order chi connectivity index (χ1) is 9.19. The molecule has 0 bridgehead atoms. The van der Waals surface area contributed by atoms with Crippen molar-refractivity contribution in [3.05, 3.63) is 69.4 Å². The molecule has 4 heteroatoms. The van der Waals surface area contributed by atoms with Crippen molar-refractivity contribution in [3.8, 4) is 6.07 Å². The Morgan fingerprint density at radius 3 is 2.74 bits per heavy atom. The summed E-state index contributed by atoms with van der Waals surface area (Å²) in [7, 11) is 0. The highest BCUT2D eigenvalue weighted by Crippen LogP contribution is 2.17. The third kappa shape index (κ3) is 3.88. The van der Waals surface area contributed by atoms with E-state index in [1.54, 1.807) is 12.1 Å². The quantitative estimate of drug-likeness (QED) is 0.932. The number of rotatable bonds is 4. The van der Waals surface area contributed by atoms with Gasteiger partial charge in [0.25, 0.3) is 0 Å². The van der Waals surface area contributed by atoms with Gasteiger partial charge in [0.15, 0.2) is 0 Å². The lowest BCUT2D eigenvalue weighted by molar-refractivity contribution is 0.623. The van der Waals surface area contributed by atoms with E-state index in [4.69, 9.17) is 5.26 Å². The number of nitriles is 1. The molecular weight excluding hydrogens is 307 g/mol. The van der Waals surface area contributed by atoms with Crippen LogP contribution in [0.3, 0.4) is 0 Å². The van der Waals surface area contributed by atoms with Gasteiger partial charge in [-0.2, -0.15) is 5.26 Å². The van der Waals surface area contributed by atoms with E-state index in [0.717, 1.165) is 15.6 Å². The van der Waals surface area contributed by atoms with E-state index in [1.165, 1.54) is 12.1 Å². The number of nitrogens with zero attached hydrogens (tertiary/aromatic N) is 1. The Kier molecular flexibility index (Phi) is 4.67. The molecule has 1 N–H and O–H groups in total. The van der Waals surface area contributed by atoms with Gasteiger partial charge in [0, 0.05) is 17.6 Å². The van der Waals surface area contributed by atoms with E-state index in [1.807, 2.05) is 18.2 Å². The maximum absolute atomic E-state index is 12.9.